The fourth-order valence-electron chi connectivity index (χ4n) is 2.79. The monoisotopic (exact) mass is 348 g/mol. The zero-order valence-corrected chi connectivity index (χ0v) is 14.7. The van der Waals surface area contributed by atoms with E-state index in [1.165, 1.54) is 0 Å². The molecule has 7 heteroatoms. The van der Waals surface area contributed by atoms with Crippen molar-refractivity contribution in [3.8, 4) is 11.4 Å². The van der Waals surface area contributed by atoms with Crippen LogP contribution in [0.25, 0.3) is 11.4 Å². The Morgan fingerprint density at radius 2 is 2.17 bits per heavy atom. The highest BCUT2D eigenvalue weighted by atomic mass is 35.5. The van der Waals surface area contributed by atoms with Gasteiger partial charge in [0.2, 0.25) is 17.6 Å². The van der Waals surface area contributed by atoms with Crippen molar-refractivity contribution in [3.63, 3.8) is 0 Å². The summed E-state index contributed by atoms with van der Waals surface area (Å²) >= 11 is 6.24. The molecule has 1 aromatic heterocycles. The lowest BCUT2D eigenvalue weighted by Gasteiger charge is -2.39. The quantitative estimate of drug-likeness (QED) is 0.917. The zero-order chi connectivity index (χ0) is 17.4. The van der Waals surface area contributed by atoms with Gasteiger partial charge in [0.25, 0.3) is 0 Å². The van der Waals surface area contributed by atoms with Crippen molar-refractivity contribution >= 4 is 17.5 Å². The topological polar surface area (TPSA) is 85.2 Å². The van der Waals surface area contributed by atoms with Gasteiger partial charge in [0.1, 0.15) is 0 Å². The molecule has 128 valence electrons. The first kappa shape index (κ1) is 16.9. The summed E-state index contributed by atoms with van der Waals surface area (Å²) in [7, 11) is 0. The summed E-state index contributed by atoms with van der Waals surface area (Å²) in [6.07, 6.45) is 0. The number of nitrogens with two attached hydrogens (primary N) is 1. The molecule has 1 aliphatic heterocycles. The molecule has 0 spiro atoms. The van der Waals surface area contributed by atoms with Crippen LogP contribution in [0.15, 0.2) is 22.7 Å². The average molecular weight is 349 g/mol. The van der Waals surface area contributed by atoms with Crippen molar-refractivity contribution in [1.29, 1.82) is 0 Å². The van der Waals surface area contributed by atoms with Gasteiger partial charge in [0, 0.05) is 18.7 Å². The summed E-state index contributed by atoms with van der Waals surface area (Å²) in [6.45, 7) is 7.40. The van der Waals surface area contributed by atoms with E-state index in [0.717, 1.165) is 18.7 Å². The molecule has 1 aliphatic rings. The van der Waals surface area contributed by atoms with E-state index in [9.17, 15) is 4.79 Å². The lowest BCUT2D eigenvalue weighted by molar-refractivity contribution is -0.139. The van der Waals surface area contributed by atoms with Gasteiger partial charge in [-0.25, -0.2) is 0 Å². The van der Waals surface area contributed by atoms with Crippen molar-refractivity contribution in [1.82, 2.24) is 15.0 Å². The number of amides is 1. The Hall–Kier alpha value is -1.92. The van der Waals surface area contributed by atoms with Crippen LogP contribution in [-0.2, 0) is 4.79 Å². The van der Waals surface area contributed by atoms with Crippen LogP contribution in [0.3, 0.4) is 0 Å². The molecule has 0 unspecified atom stereocenters. The Kier molecular flexibility index (Phi) is 4.60. The maximum Gasteiger partial charge on any atom is 0.240 e. The summed E-state index contributed by atoms with van der Waals surface area (Å²) in [6, 6.07) is 4.93. The van der Waals surface area contributed by atoms with Crippen LogP contribution in [0.4, 0.5) is 0 Å². The zero-order valence-electron chi connectivity index (χ0n) is 14.0. The largest absolute Gasteiger partial charge is 0.341 e. The van der Waals surface area contributed by atoms with Crippen LogP contribution in [-0.4, -0.2) is 40.1 Å². The molecule has 0 radical (unpaired) electrons. The van der Waals surface area contributed by atoms with E-state index in [1.54, 1.807) is 4.90 Å². The molecular weight excluding hydrogens is 328 g/mol. The van der Waals surface area contributed by atoms with Crippen molar-refractivity contribution in [2.45, 2.75) is 32.7 Å². The Bertz CT molecular complexity index is 755. The van der Waals surface area contributed by atoms with E-state index >= 15 is 0 Å². The lowest BCUT2D eigenvalue weighted by atomic mass is 9.96. The molecule has 6 nitrogen and oxygen atoms in total. The molecule has 0 bridgehead atoms. The Morgan fingerprint density at radius 3 is 2.79 bits per heavy atom. The molecule has 3 rings (SSSR count). The third-order valence-corrected chi connectivity index (χ3v) is 4.71. The summed E-state index contributed by atoms with van der Waals surface area (Å²) in [4.78, 5) is 18.5. The van der Waals surface area contributed by atoms with Gasteiger partial charge >= 0.3 is 0 Å². The average Bonchev–Trinajstić information content (AvgIpc) is 2.99. The van der Waals surface area contributed by atoms with Gasteiger partial charge in [-0.1, -0.05) is 36.7 Å². The number of hydrogen-bond acceptors (Lipinski definition) is 5. The fourth-order valence-corrected chi connectivity index (χ4v) is 3.11. The van der Waals surface area contributed by atoms with Gasteiger partial charge in [0.05, 0.1) is 17.0 Å². The number of carbonyl (C=O) groups is 1. The molecule has 2 heterocycles. The van der Waals surface area contributed by atoms with Crippen LogP contribution in [0, 0.1) is 12.8 Å². The van der Waals surface area contributed by atoms with Crippen molar-refractivity contribution in [3.05, 3.63) is 34.7 Å². The Labute approximate surface area is 146 Å². The summed E-state index contributed by atoms with van der Waals surface area (Å²) in [5.74, 6) is 0.845. The van der Waals surface area contributed by atoms with Crippen LogP contribution in [0.5, 0.6) is 0 Å². The molecule has 1 aromatic carbocycles. The molecule has 2 aromatic rings. The first-order chi connectivity index (χ1) is 11.4. The predicted octanol–water partition coefficient (Wildman–Crippen LogP) is 2.61. The summed E-state index contributed by atoms with van der Waals surface area (Å²) in [5.41, 5.74) is 7.85. The second kappa shape index (κ2) is 6.53. The molecule has 1 amide bonds. The minimum absolute atomic E-state index is 0.0753. The van der Waals surface area contributed by atoms with Crippen molar-refractivity contribution < 1.29 is 9.32 Å². The van der Waals surface area contributed by atoms with Gasteiger partial charge in [-0.2, -0.15) is 4.98 Å². The number of halogens is 1. The number of carbonyl (C=O) groups excluding carboxylic acids is 1. The Balaban J connectivity index is 1.75. The van der Waals surface area contributed by atoms with E-state index in [2.05, 4.69) is 17.1 Å². The van der Waals surface area contributed by atoms with Gasteiger partial charge < -0.3 is 15.2 Å². The summed E-state index contributed by atoms with van der Waals surface area (Å²) < 4.78 is 5.32. The van der Waals surface area contributed by atoms with Gasteiger partial charge in [-0.15, -0.1) is 0 Å². The highest BCUT2D eigenvalue weighted by molar-refractivity contribution is 6.33. The second-order valence-corrected chi connectivity index (χ2v) is 7.01. The first-order valence-corrected chi connectivity index (χ1v) is 8.39. The van der Waals surface area contributed by atoms with E-state index in [0.29, 0.717) is 28.2 Å². The first-order valence-electron chi connectivity index (χ1n) is 8.01. The SMILES string of the molecule is Cc1ccc(-c2noc([C@@H](C)[C@H](N)C(=O)N3CC(C)C3)n2)c(Cl)c1. The maximum atomic E-state index is 12.3. The van der Waals surface area contributed by atoms with Gasteiger partial charge in [0.15, 0.2) is 0 Å². The standard InChI is InChI=1S/C17H21ClN4O2/c1-9-4-5-12(13(18)6-9)15-20-16(24-21-15)11(3)14(19)17(23)22-7-10(2)8-22/h4-6,10-11,14H,7-8,19H2,1-3H3/t11-,14-/m0/s1. The number of aromatic nitrogens is 2. The minimum Gasteiger partial charge on any atom is -0.341 e. The highest BCUT2D eigenvalue weighted by Crippen LogP contribution is 2.28. The minimum atomic E-state index is -0.695. The number of rotatable bonds is 4. The normalized spacial score (nSPS) is 17.5. The van der Waals surface area contributed by atoms with Crippen LogP contribution < -0.4 is 5.73 Å². The number of benzene rings is 1. The molecule has 24 heavy (non-hydrogen) atoms. The Morgan fingerprint density at radius 1 is 1.46 bits per heavy atom. The van der Waals surface area contributed by atoms with E-state index in [4.69, 9.17) is 21.9 Å². The number of nitrogens with zero attached hydrogens (tertiary/aromatic N) is 3. The fraction of sp³-hybridized carbons (Fsp3) is 0.471. The van der Waals surface area contributed by atoms with Gasteiger partial charge in [-0.3, -0.25) is 4.79 Å². The number of likely N-dealkylation sites (tertiary alicyclic amines) is 1. The van der Waals surface area contributed by atoms with Crippen LogP contribution in [0.1, 0.15) is 31.2 Å². The molecule has 2 N–H and O–H groups in total. The molecule has 0 aliphatic carbocycles. The third kappa shape index (κ3) is 3.16. The third-order valence-electron chi connectivity index (χ3n) is 4.40. The smallest absolute Gasteiger partial charge is 0.240 e. The number of hydrogen-bond donors (Lipinski definition) is 1. The molecular formula is C17H21ClN4O2. The highest BCUT2D eigenvalue weighted by Gasteiger charge is 2.35. The summed E-state index contributed by atoms with van der Waals surface area (Å²) in [5, 5.41) is 4.54. The molecule has 1 saturated heterocycles. The van der Waals surface area contributed by atoms with E-state index in [1.807, 2.05) is 32.0 Å². The number of aryl methyl sites for hydroxylation is 1. The van der Waals surface area contributed by atoms with E-state index in [-0.39, 0.29) is 11.8 Å². The predicted molar refractivity (Wildman–Crippen MR) is 91.6 cm³/mol. The van der Waals surface area contributed by atoms with Crippen LogP contribution in [0.2, 0.25) is 5.02 Å². The van der Waals surface area contributed by atoms with Crippen molar-refractivity contribution in [2.24, 2.45) is 11.7 Å². The van der Waals surface area contributed by atoms with Crippen LogP contribution >= 0.6 is 11.6 Å². The molecule has 2 atom stereocenters. The lowest BCUT2D eigenvalue weighted by Crippen LogP contribution is -2.55. The van der Waals surface area contributed by atoms with Crippen molar-refractivity contribution in [2.75, 3.05) is 13.1 Å². The van der Waals surface area contributed by atoms with Gasteiger partial charge in [-0.05, 0) is 30.5 Å². The van der Waals surface area contributed by atoms with E-state index < -0.39 is 6.04 Å². The second-order valence-electron chi connectivity index (χ2n) is 6.60. The molecule has 1 fully saturated rings. The maximum absolute atomic E-state index is 12.3. The molecule has 0 saturated carbocycles.